The second kappa shape index (κ2) is 4.51. The first-order valence-electron chi connectivity index (χ1n) is 4.81. The summed E-state index contributed by atoms with van der Waals surface area (Å²) in [5, 5.41) is 2.64. The van der Waals surface area contributed by atoms with Crippen LogP contribution >= 0.6 is 11.3 Å². The van der Waals surface area contributed by atoms with Gasteiger partial charge in [-0.25, -0.2) is 10.8 Å². The van der Waals surface area contributed by atoms with Crippen molar-refractivity contribution in [1.29, 1.82) is 0 Å². The Bertz CT molecular complexity index is 496. The number of anilines is 1. The first-order chi connectivity index (χ1) is 7.74. The van der Waals surface area contributed by atoms with Gasteiger partial charge in [0.05, 0.1) is 12.8 Å². The Morgan fingerprint density at radius 1 is 1.44 bits per heavy atom. The van der Waals surface area contributed by atoms with E-state index in [2.05, 4.69) is 10.4 Å². The lowest BCUT2D eigenvalue weighted by Gasteiger charge is -2.06. The third-order valence-corrected chi connectivity index (χ3v) is 3.03. The van der Waals surface area contributed by atoms with Gasteiger partial charge in [-0.15, -0.1) is 11.3 Å². The van der Waals surface area contributed by atoms with Crippen LogP contribution in [0.25, 0.3) is 11.3 Å². The van der Waals surface area contributed by atoms with Crippen molar-refractivity contribution in [1.82, 2.24) is 4.98 Å². The lowest BCUT2D eigenvalue weighted by atomic mass is 10.1. The first-order valence-corrected chi connectivity index (χ1v) is 5.69. The van der Waals surface area contributed by atoms with Gasteiger partial charge in [0.2, 0.25) is 0 Å². The predicted molar refractivity (Wildman–Crippen MR) is 66.6 cm³/mol. The van der Waals surface area contributed by atoms with Gasteiger partial charge >= 0.3 is 0 Å². The van der Waals surface area contributed by atoms with Gasteiger partial charge in [-0.1, -0.05) is 11.6 Å². The van der Waals surface area contributed by atoms with Gasteiger partial charge in [0.15, 0.2) is 5.13 Å². The number of nitrogens with two attached hydrogens (primary N) is 1. The summed E-state index contributed by atoms with van der Waals surface area (Å²) in [5.74, 6) is 6.13. The molecule has 3 N–H and O–H groups in total. The summed E-state index contributed by atoms with van der Waals surface area (Å²) in [7, 11) is 1.66. The highest BCUT2D eigenvalue weighted by molar-refractivity contribution is 7.14. The largest absolute Gasteiger partial charge is 0.496 e. The smallest absolute Gasteiger partial charge is 0.197 e. The van der Waals surface area contributed by atoms with Gasteiger partial charge in [0.1, 0.15) is 5.75 Å². The minimum atomic E-state index is 0.693. The van der Waals surface area contributed by atoms with Crippen LogP contribution in [-0.2, 0) is 0 Å². The molecule has 1 aromatic carbocycles. The number of rotatable bonds is 3. The Kier molecular flexibility index (Phi) is 3.07. The van der Waals surface area contributed by atoms with Gasteiger partial charge in [-0.3, -0.25) is 5.43 Å². The van der Waals surface area contributed by atoms with E-state index in [4.69, 9.17) is 10.6 Å². The van der Waals surface area contributed by atoms with Crippen LogP contribution in [0.3, 0.4) is 0 Å². The SMILES string of the molecule is COc1ccc(C)cc1-c1csc(NN)n1. The number of benzene rings is 1. The van der Waals surface area contributed by atoms with Crippen LogP contribution in [-0.4, -0.2) is 12.1 Å². The molecule has 0 aliphatic heterocycles. The molecule has 2 rings (SSSR count). The van der Waals surface area contributed by atoms with Gasteiger partial charge in [-0.05, 0) is 19.1 Å². The first kappa shape index (κ1) is 10.9. The summed E-state index contributed by atoms with van der Waals surface area (Å²) in [4.78, 5) is 4.35. The summed E-state index contributed by atoms with van der Waals surface area (Å²) < 4.78 is 5.31. The van der Waals surface area contributed by atoms with E-state index in [0.717, 1.165) is 17.0 Å². The van der Waals surface area contributed by atoms with E-state index in [9.17, 15) is 0 Å². The number of hydrazine groups is 1. The highest BCUT2D eigenvalue weighted by atomic mass is 32.1. The Labute approximate surface area is 98.1 Å². The highest BCUT2D eigenvalue weighted by Gasteiger charge is 2.09. The molecular formula is C11H13N3OS. The van der Waals surface area contributed by atoms with Crippen molar-refractivity contribution in [3.63, 3.8) is 0 Å². The molecular weight excluding hydrogens is 222 g/mol. The molecule has 0 fully saturated rings. The molecule has 0 unspecified atom stereocenters. The third kappa shape index (κ3) is 2.00. The maximum atomic E-state index is 5.31. The number of nitrogens with zero attached hydrogens (tertiary/aromatic N) is 1. The molecule has 2 aromatic rings. The van der Waals surface area contributed by atoms with Crippen molar-refractivity contribution in [2.75, 3.05) is 12.5 Å². The highest BCUT2D eigenvalue weighted by Crippen LogP contribution is 2.32. The van der Waals surface area contributed by atoms with Crippen LogP contribution in [0.1, 0.15) is 5.56 Å². The summed E-state index contributed by atoms with van der Waals surface area (Å²) in [6.45, 7) is 2.04. The van der Waals surface area contributed by atoms with Crippen molar-refractivity contribution in [2.24, 2.45) is 5.84 Å². The van der Waals surface area contributed by atoms with Crippen molar-refractivity contribution >= 4 is 16.5 Å². The van der Waals surface area contributed by atoms with Crippen molar-refractivity contribution < 1.29 is 4.74 Å². The van der Waals surface area contributed by atoms with E-state index < -0.39 is 0 Å². The molecule has 0 saturated heterocycles. The maximum Gasteiger partial charge on any atom is 0.197 e. The van der Waals surface area contributed by atoms with Crippen LogP contribution < -0.4 is 16.0 Å². The normalized spacial score (nSPS) is 10.2. The van der Waals surface area contributed by atoms with Crippen LogP contribution in [0, 0.1) is 6.92 Å². The van der Waals surface area contributed by atoms with Crippen LogP contribution in [0.4, 0.5) is 5.13 Å². The molecule has 84 valence electrons. The lowest BCUT2D eigenvalue weighted by molar-refractivity contribution is 0.416. The van der Waals surface area contributed by atoms with Crippen molar-refractivity contribution in [3.8, 4) is 17.0 Å². The number of nitrogen functional groups attached to an aromatic ring is 1. The summed E-state index contributed by atoms with van der Waals surface area (Å²) in [5.41, 5.74) is 5.57. The van der Waals surface area contributed by atoms with Gasteiger partial charge in [0.25, 0.3) is 0 Å². The number of nitrogens with one attached hydrogen (secondary N) is 1. The molecule has 16 heavy (non-hydrogen) atoms. The van der Waals surface area contributed by atoms with Crippen molar-refractivity contribution in [2.45, 2.75) is 6.92 Å². The summed E-state index contributed by atoms with van der Waals surface area (Å²) in [6, 6.07) is 6.00. The third-order valence-electron chi connectivity index (χ3n) is 2.26. The molecule has 0 bridgehead atoms. The fourth-order valence-electron chi connectivity index (χ4n) is 1.49. The number of methoxy groups -OCH3 is 1. The molecule has 5 heteroatoms. The van der Waals surface area contributed by atoms with Crippen molar-refractivity contribution in [3.05, 3.63) is 29.1 Å². The zero-order chi connectivity index (χ0) is 11.5. The van der Waals surface area contributed by atoms with E-state index in [0.29, 0.717) is 5.13 Å². The molecule has 0 saturated carbocycles. The number of hydrogen-bond donors (Lipinski definition) is 2. The molecule has 0 aliphatic rings. The van der Waals surface area contributed by atoms with E-state index >= 15 is 0 Å². The topological polar surface area (TPSA) is 60.2 Å². The maximum absolute atomic E-state index is 5.31. The lowest BCUT2D eigenvalue weighted by Crippen LogP contribution is -2.05. The standard InChI is InChI=1S/C11H13N3OS/c1-7-3-4-10(15-2)8(5-7)9-6-16-11(13-9)14-12/h3-6H,12H2,1-2H3,(H,13,14). The van der Waals surface area contributed by atoms with Gasteiger partial charge in [-0.2, -0.15) is 0 Å². The van der Waals surface area contributed by atoms with Gasteiger partial charge < -0.3 is 4.74 Å². The summed E-state index contributed by atoms with van der Waals surface area (Å²) >= 11 is 1.47. The molecule has 0 aliphatic carbocycles. The van der Waals surface area contributed by atoms with Crippen LogP contribution in [0.15, 0.2) is 23.6 Å². The average Bonchev–Trinajstić information content (AvgIpc) is 2.77. The molecule has 0 atom stereocenters. The van der Waals surface area contributed by atoms with Crippen LogP contribution in [0.2, 0.25) is 0 Å². The predicted octanol–water partition coefficient (Wildman–Crippen LogP) is 2.41. The van der Waals surface area contributed by atoms with E-state index in [1.54, 1.807) is 7.11 Å². The number of aromatic nitrogens is 1. The molecule has 0 spiro atoms. The number of aryl methyl sites for hydroxylation is 1. The Morgan fingerprint density at radius 2 is 2.25 bits per heavy atom. The fourth-order valence-corrected chi connectivity index (χ4v) is 2.11. The molecule has 4 nitrogen and oxygen atoms in total. The second-order valence-corrected chi connectivity index (χ2v) is 4.24. The van der Waals surface area contributed by atoms with E-state index in [-0.39, 0.29) is 0 Å². The monoisotopic (exact) mass is 235 g/mol. The average molecular weight is 235 g/mol. The van der Waals surface area contributed by atoms with E-state index in [1.165, 1.54) is 16.9 Å². The molecule has 0 radical (unpaired) electrons. The Hall–Kier alpha value is -1.59. The minimum Gasteiger partial charge on any atom is -0.496 e. The molecule has 1 aromatic heterocycles. The van der Waals surface area contributed by atoms with E-state index in [1.807, 2.05) is 30.5 Å². The van der Waals surface area contributed by atoms with Gasteiger partial charge in [0, 0.05) is 10.9 Å². The summed E-state index contributed by atoms with van der Waals surface area (Å²) in [6.07, 6.45) is 0. The van der Waals surface area contributed by atoms with Crippen LogP contribution in [0.5, 0.6) is 5.75 Å². The zero-order valence-corrected chi connectivity index (χ0v) is 9.97. The minimum absolute atomic E-state index is 0.693. The second-order valence-electron chi connectivity index (χ2n) is 3.39. The zero-order valence-electron chi connectivity index (χ0n) is 9.15. The molecule has 1 heterocycles. The number of hydrogen-bond acceptors (Lipinski definition) is 5. The number of thiazole rings is 1. The quantitative estimate of drug-likeness (QED) is 0.633. The fraction of sp³-hybridized carbons (Fsp3) is 0.182. The molecule has 0 amide bonds. The Morgan fingerprint density at radius 3 is 2.88 bits per heavy atom. The number of ether oxygens (including phenoxy) is 1. The Balaban J connectivity index is 2.49.